The van der Waals surface area contributed by atoms with E-state index in [4.69, 9.17) is 5.73 Å². The van der Waals surface area contributed by atoms with Gasteiger partial charge in [0.1, 0.15) is 6.04 Å². The second-order valence-electron chi connectivity index (χ2n) is 9.16. The van der Waals surface area contributed by atoms with Gasteiger partial charge in [-0.25, -0.2) is 4.79 Å². The highest BCUT2D eigenvalue weighted by Crippen LogP contribution is 2.26. The second-order valence-corrected chi connectivity index (χ2v) is 10.0. The molecule has 32 heavy (non-hydrogen) atoms. The fourth-order valence-electron chi connectivity index (χ4n) is 3.66. The van der Waals surface area contributed by atoms with Crippen LogP contribution in [0.2, 0.25) is 0 Å². The van der Waals surface area contributed by atoms with Crippen LogP contribution in [0.15, 0.2) is 29.2 Å². The maximum absolute atomic E-state index is 13.1. The Balaban J connectivity index is 2.19. The number of nitrogens with zero attached hydrogens (tertiary/aromatic N) is 2. The maximum atomic E-state index is 13.1. The van der Waals surface area contributed by atoms with Crippen LogP contribution < -0.4 is 16.4 Å². The largest absolute Gasteiger partial charge is 0.368 e. The molecule has 5 amide bonds. The first-order valence-corrected chi connectivity index (χ1v) is 11.7. The highest BCUT2D eigenvalue weighted by Gasteiger charge is 2.44. The van der Waals surface area contributed by atoms with E-state index in [2.05, 4.69) is 10.6 Å². The molecule has 1 aromatic rings. The van der Waals surface area contributed by atoms with Crippen molar-refractivity contribution in [3.63, 3.8) is 0 Å². The summed E-state index contributed by atoms with van der Waals surface area (Å²) in [5.74, 6) is -1.25. The Hall–Kier alpha value is -2.75. The average Bonchev–Trinajstić information content (AvgIpc) is 3.09. The van der Waals surface area contributed by atoms with E-state index in [1.54, 1.807) is 17.8 Å². The van der Waals surface area contributed by atoms with Gasteiger partial charge in [0.15, 0.2) is 0 Å². The van der Waals surface area contributed by atoms with Crippen LogP contribution in [0.4, 0.5) is 10.5 Å². The van der Waals surface area contributed by atoms with Crippen molar-refractivity contribution in [1.29, 1.82) is 0 Å². The Morgan fingerprint density at radius 2 is 1.94 bits per heavy atom. The van der Waals surface area contributed by atoms with Crippen molar-refractivity contribution in [1.82, 2.24) is 15.1 Å². The number of carbonyl (C=O) groups is 4. The van der Waals surface area contributed by atoms with Crippen molar-refractivity contribution < 1.29 is 19.2 Å². The molecule has 1 saturated heterocycles. The Morgan fingerprint density at radius 1 is 1.25 bits per heavy atom. The number of primary amides is 1. The lowest BCUT2D eigenvalue weighted by molar-refractivity contribution is -0.145. The zero-order valence-corrected chi connectivity index (χ0v) is 20.1. The van der Waals surface area contributed by atoms with Gasteiger partial charge in [-0.1, -0.05) is 26.8 Å². The van der Waals surface area contributed by atoms with Crippen molar-refractivity contribution in [3.05, 3.63) is 24.3 Å². The monoisotopic (exact) mass is 463 g/mol. The van der Waals surface area contributed by atoms with Crippen LogP contribution in [-0.4, -0.2) is 72.0 Å². The minimum atomic E-state index is -0.905. The molecule has 1 fully saturated rings. The lowest BCUT2D eigenvalue weighted by atomic mass is 9.91. The van der Waals surface area contributed by atoms with Crippen LogP contribution in [0.3, 0.4) is 0 Å². The van der Waals surface area contributed by atoms with Gasteiger partial charge in [0.05, 0.1) is 12.6 Å². The number of urea groups is 1. The van der Waals surface area contributed by atoms with E-state index in [0.29, 0.717) is 18.7 Å². The first-order chi connectivity index (χ1) is 14.9. The Labute approximate surface area is 193 Å². The molecule has 0 unspecified atom stereocenters. The van der Waals surface area contributed by atoms with Crippen LogP contribution in [0.5, 0.6) is 0 Å². The van der Waals surface area contributed by atoms with Crippen LogP contribution in [0.25, 0.3) is 0 Å². The molecule has 0 saturated carbocycles. The molecule has 1 heterocycles. The van der Waals surface area contributed by atoms with Gasteiger partial charge in [-0.05, 0) is 36.3 Å². The first-order valence-electron chi connectivity index (χ1n) is 10.5. The van der Waals surface area contributed by atoms with Gasteiger partial charge in [0.25, 0.3) is 0 Å². The van der Waals surface area contributed by atoms with E-state index in [9.17, 15) is 19.2 Å². The quantitative estimate of drug-likeness (QED) is 0.533. The third kappa shape index (κ3) is 7.15. The summed E-state index contributed by atoms with van der Waals surface area (Å²) in [6, 6.07) is 5.44. The van der Waals surface area contributed by atoms with Gasteiger partial charge >= 0.3 is 6.03 Å². The number of nitrogens with one attached hydrogen (secondary N) is 2. The zero-order chi connectivity index (χ0) is 24.1. The average molecular weight is 464 g/mol. The molecule has 9 nitrogen and oxygen atoms in total. The number of benzene rings is 1. The summed E-state index contributed by atoms with van der Waals surface area (Å²) < 4.78 is 0. The molecule has 10 heteroatoms. The van der Waals surface area contributed by atoms with Crippen molar-refractivity contribution in [2.45, 2.75) is 50.6 Å². The molecule has 0 spiro atoms. The number of anilines is 1. The third-order valence-electron chi connectivity index (χ3n) is 5.07. The summed E-state index contributed by atoms with van der Waals surface area (Å²) in [7, 11) is 1.46. The van der Waals surface area contributed by atoms with E-state index in [-0.39, 0.29) is 24.3 Å². The van der Waals surface area contributed by atoms with Gasteiger partial charge in [-0.15, -0.1) is 11.8 Å². The smallest absolute Gasteiger partial charge is 0.319 e. The van der Waals surface area contributed by atoms with Gasteiger partial charge in [0.2, 0.25) is 17.7 Å². The molecule has 1 aliphatic heterocycles. The molecule has 0 aliphatic carbocycles. The molecule has 1 aromatic carbocycles. The number of thioether (sulfide) groups is 1. The normalized spacial score (nSPS) is 18.2. The lowest BCUT2D eigenvalue weighted by Gasteiger charge is -2.32. The number of hydrogen-bond acceptors (Lipinski definition) is 5. The molecular formula is C22H33N5O4S. The molecule has 0 aromatic heterocycles. The molecular weight excluding hydrogens is 430 g/mol. The van der Waals surface area contributed by atoms with Gasteiger partial charge in [0, 0.05) is 30.6 Å². The van der Waals surface area contributed by atoms with Crippen molar-refractivity contribution in [2.24, 2.45) is 11.1 Å². The minimum absolute atomic E-state index is 0.166. The molecule has 0 bridgehead atoms. The molecule has 0 radical (unpaired) electrons. The zero-order valence-electron chi connectivity index (χ0n) is 19.3. The Morgan fingerprint density at radius 3 is 2.53 bits per heavy atom. The number of likely N-dealkylation sites (N-methyl/N-ethyl adjacent to an activating group) is 1. The highest BCUT2D eigenvalue weighted by atomic mass is 32.2. The van der Waals surface area contributed by atoms with Crippen LogP contribution in [0, 0.1) is 5.41 Å². The Kier molecular flexibility index (Phi) is 8.54. The number of rotatable bonds is 7. The SMILES string of the molecule is CSc1cccc(NC(=O)N[C@H]2CCN(C(=O)CC(C)(C)C)[C@@H]2C(=O)N(C)CC(N)=O)c1. The first kappa shape index (κ1) is 25.5. The molecule has 4 N–H and O–H groups in total. The third-order valence-corrected chi connectivity index (χ3v) is 5.79. The molecule has 2 rings (SSSR count). The van der Waals surface area contributed by atoms with Gasteiger partial charge in [-0.2, -0.15) is 0 Å². The summed E-state index contributed by atoms with van der Waals surface area (Å²) in [5.41, 5.74) is 5.61. The number of likely N-dealkylation sites (tertiary alicyclic amines) is 1. The minimum Gasteiger partial charge on any atom is -0.368 e. The van der Waals surface area contributed by atoms with Crippen LogP contribution in [-0.2, 0) is 14.4 Å². The van der Waals surface area contributed by atoms with Gasteiger partial charge in [-0.3, -0.25) is 14.4 Å². The van der Waals surface area contributed by atoms with E-state index in [1.807, 2.05) is 45.2 Å². The summed E-state index contributed by atoms with van der Waals surface area (Å²) >= 11 is 1.56. The fourth-order valence-corrected chi connectivity index (χ4v) is 4.12. The summed E-state index contributed by atoms with van der Waals surface area (Å²) in [6.45, 7) is 5.91. The number of nitrogens with two attached hydrogens (primary N) is 1. The van der Waals surface area contributed by atoms with E-state index in [0.717, 1.165) is 4.90 Å². The lowest BCUT2D eigenvalue weighted by Crippen LogP contribution is -2.56. The highest BCUT2D eigenvalue weighted by molar-refractivity contribution is 7.98. The van der Waals surface area contributed by atoms with Crippen molar-refractivity contribution >= 4 is 41.2 Å². The number of hydrogen-bond donors (Lipinski definition) is 3. The summed E-state index contributed by atoms with van der Waals surface area (Å²) in [6.07, 6.45) is 2.63. The molecule has 1 aliphatic rings. The summed E-state index contributed by atoms with van der Waals surface area (Å²) in [4.78, 5) is 53.8. The van der Waals surface area contributed by atoms with Crippen molar-refractivity contribution in [2.75, 3.05) is 31.7 Å². The van der Waals surface area contributed by atoms with Crippen LogP contribution >= 0.6 is 11.8 Å². The predicted octanol–water partition coefficient (Wildman–Crippen LogP) is 1.88. The Bertz CT molecular complexity index is 870. The number of carbonyl (C=O) groups excluding carboxylic acids is 4. The molecule has 2 atom stereocenters. The summed E-state index contributed by atoms with van der Waals surface area (Å²) in [5, 5.41) is 5.62. The van der Waals surface area contributed by atoms with E-state index >= 15 is 0 Å². The standard InChI is InChI=1S/C22H33N5O4S/c1-22(2,3)12-18(29)27-10-9-16(19(27)20(30)26(4)13-17(23)28)25-21(31)24-14-7-6-8-15(11-14)32-5/h6-8,11,16,19H,9-10,12-13H2,1-5H3,(H2,23,28)(H2,24,25,31)/t16-,19-/m0/s1. The topological polar surface area (TPSA) is 125 Å². The fraction of sp³-hybridized carbons (Fsp3) is 0.545. The van der Waals surface area contributed by atoms with Crippen LogP contribution in [0.1, 0.15) is 33.6 Å². The molecule has 176 valence electrons. The van der Waals surface area contributed by atoms with E-state index in [1.165, 1.54) is 16.8 Å². The van der Waals surface area contributed by atoms with Crippen molar-refractivity contribution in [3.8, 4) is 0 Å². The maximum Gasteiger partial charge on any atom is 0.319 e. The van der Waals surface area contributed by atoms with Gasteiger partial charge < -0.3 is 26.2 Å². The van der Waals surface area contributed by atoms with E-state index < -0.39 is 29.9 Å². The predicted molar refractivity (Wildman–Crippen MR) is 125 cm³/mol. The number of amides is 5. The second kappa shape index (κ2) is 10.7.